The first-order valence-electron chi connectivity index (χ1n) is 9.94. The van der Waals surface area contributed by atoms with Gasteiger partial charge >= 0.3 is 0 Å². The highest BCUT2D eigenvalue weighted by atomic mass is 35.5. The zero-order chi connectivity index (χ0) is 21.1. The fraction of sp³-hybridized carbons (Fsp3) is 0.261. The molecule has 1 aromatic heterocycles. The number of hydrogen-bond acceptors (Lipinski definition) is 4. The number of carbonyl (C=O) groups excluding carboxylic acids is 1. The van der Waals surface area contributed by atoms with Crippen molar-refractivity contribution < 1.29 is 4.79 Å². The van der Waals surface area contributed by atoms with Gasteiger partial charge in [0.1, 0.15) is 0 Å². The van der Waals surface area contributed by atoms with Gasteiger partial charge in [-0.2, -0.15) is 0 Å². The molecule has 0 atom stereocenters. The van der Waals surface area contributed by atoms with E-state index >= 15 is 0 Å². The molecule has 154 valence electrons. The van der Waals surface area contributed by atoms with Crippen LogP contribution in [-0.4, -0.2) is 29.2 Å². The normalized spacial score (nSPS) is 14.6. The molecule has 4 rings (SSSR count). The summed E-state index contributed by atoms with van der Waals surface area (Å²) >= 11 is 11.9. The lowest BCUT2D eigenvalue weighted by molar-refractivity contribution is 0.102. The van der Waals surface area contributed by atoms with Crippen LogP contribution in [0.1, 0.15) is 30.1 Å². The molecule has 1 N–H and O–H groups in total. The van der Waals surface area contributed by atoms with Gasteiger partial charge in [0.2, 0.25) is 0 Å². The zero-order valence-electron chi connectivity index (χ0n) is 16.6. The number of amides is 1. The predicted octanol–water partition coefficient (Wildman–Crippen LogP) is 5.94. The SMILES string of the molecule is CC1CCN(c2ccc(-c3ccc(NC(=O)c4cc(Cl)cc(Cl)c4)cc3)nn2)CC1. The Balaban J connectivity index is 1.42. The van der Waals surface area contributed by atoms with E-state index in [0.717, 1.165) is 36.1 Å². The molecule has 1 saturated heterocycles. The van der Waals surface area contributed by atoms with Gasteiger partial charge in [0.15, 0.2) is 5.82 Å². The largest absolute Gasteiger partial charge is 0.355 e. The molecular formula is C23H22Cl2N4O. The van der Waals surface area contributed by atoms with Crippen molar-refractivity contribution in [2.24, 2.45) is 5.92 Å². The Morgan fingerprint density at radius 3 is 2.23 bits per heavy atom. The minimum atomic E-state index is -0.271. The molecule has 1 amide bonds. The second kappa shape index (κ2) is 9.02. The van der Waals surface area contributed by atoms with E-state index in [2.05, 4.69) is 27.3 Å². The van der Waals surface area contributed by atoms with Gasteiger partial charge in [0, 0.05) is 39.9 Å². The molecule has 0 radical (unpaired) electrons. The van der Waals surface area contributed by atoms with Crippen LogP contribution in [-0.2, 0) is 0 Å². The second-order valence-corrected chi connectivity index (χ2v) is 8.51. The first-order chi connectivity index (χ1) is 14.5. The molecule has 0 bridgehead atoms. The Morgan fingerprint density at radius 2 is 1.63 bits per heavy atom. The van der Waals surface area contributed by atoms with E-state index in [-0.39, 0.29) is 5.91 Å². The van der Waals surface area contributed by atoms with Crippen molar-refractivity contribution in [1.29, 1.82) is 0 Å². The van der Waals surface area contributed by atoms with Crippen molar-refractivity contribution in [1.82, 2.24) is 10.2 Å². The maximum absolute atomic E-state index is 12.4. The van der Waals surface area contributed by atoms with Gasteiger partial charge in [-0.25, -0.2) is 0 Å². The van der Waals surface area contributed by atoms with Crippen molar-refractivity contribution in [3.8, 4) is 11.3 Å². The third-order valence-electron chi connectivity index (χ3n) is 5.32. The van der Waals surface area contributed by atoms with Gasteiger partial charge < -0.3 is 10.2 Å². The standard InChI is InChI=1S/C23H22Cl2N4O/c1-15-8-10-29(11-9-15)22-7-6-21(27-28-22)16-2-4-20(5-3-16)26-23(30)17-12-18(24)14-19(25)13-17/h2-7,12-15H,8-11H2,1H3,(H,26,30). The summed E-state index contributed by atoms with van der Waals surface area (Å²) in [5.41, 5.74) is 2.81. The second-order valence-electron chi connectivity index (χ2n) is 7.64. The van der Waals surface area contributed by atoms with Crippen molar-refractivity contribution >= 4 is 40.6 Å². The number of hydrogen-bond donors (Lipinski definition) is 1. The minimum Gasteiger partial charge on any atom is -0.355 e. The van der Waals surface area contributed by atoms with E-state index in [4.69, 9.17) is 23.2 Å². The molecule has 1 aliphatic heterocycles. The molecule has 7 heteroatoms. The highest BCUT2D eigenvalue weighted by Crippen LogP contribution is 2.24. The van der Waals surface area contributed by atoms with Crippen LogP contribution in [0.2, 0.25) is 10.0 Å². The lowest BCUT2D eigenvalue weighted by atomic mass is 9.99. The molecule has 2 heterocycles. The maximum Gasteiger partial charge on any atom is 0.255 e. The molecule has 30 heavy (non-hydrogen) atoms. The van der Waals surface area contributed by atoms with Crippen LogP contribution in [0.15, 0.2) is 54.6 Å². The molecule has 1 fully saturated rings. The minimum absolute atomic E-state index is 0.271. The summed E-state index contributed by atoms with van der Waals surface area (Å²) in [4.78, 5) is 14.7. The Kier molecular flexibility index (Phi) is 6.21. The topological polar surface area (TPSA) is 58.1 Å². The number of carbonyl (C=O) groups is 1. The van der Waals surface area contributed by atoms with E-state index in [1.165, 1.54) is 12.8 Å². The van der Waals surface area contributed by atoms with Crippen molar-refractivity contribution in [2.75, 3.05) is 23.3 Å². The number of rotatable bonds is 4. The maximum atomic E-state index is 12.4. The van der Waals surface area contributed by atoms with Crippen LogP contribution in [0.25, 0.3) is 11.3 Å². The van der Waals surface area contributed by atoms with Crippen LogP contribution >= 0.6 is 23.2 Å². The smallest absolute Gasteiger partial charge is 0.255 e. The van der Waals surface area contributed by atoms with Gasteiger partial charge in [-0.05, 0) is 61.2 Å². The first-order valence-corrected chi connectivity index (χ1v) is 10.7. The number of benzene rings is 2. The lowest BCUT2D eigenvalue weighted by Crippen LogP contribution is -2.33. The third-order valence-corrected chi connectivity index (χ3v) is 5.76. The molecule has 2 aromatic carbocycles. The summed E-state index contributed by atoms with van der Waals surface area (Å²) < 4.78 is 0. The number of halogens is 2. The van der Waals surface area contributed by atoms with Crippen LogP contribution in [0, 0.1) is 5.92 Å². The molecule has 3 aromatic rings. The molecule has 0 unspecified atom stereocenters. The summed E-state index contributed by atoms with van der Waals surface area (Å²) in [6, 6.07) is 16.3. The zero-order valence-corrected chi connectivity index (χ0v) is 18.1. The molecule has 5 nitrogen and oxygen atoms in total. The average molecular weight is 441 g/mol. The van der Waals surface area contributed by atoms with Crippen LogP contribution in [0.3, 0.4) is 0 Å². The molecular weight excluding hydrogens is 419 g/mol. The predicted molar refractivity (Wildman–Crippen MR) is 122 cm³/mol. The van der Waals surface area contributed by atoms with Crippen molar-refractivity contribution in [3.05, 3.63) is 70.2 Å². The van der Waals surface area contributed by atoms with Gasteiger partial charge in [-0.1, -0.05) is 42.3 Å². The van der Waals surface area contributed by atoms with E-state index in [0.29, 0.717) is 21.3 Å². The summed E-state index contributed by atoms with van der Waals surface area (Å²) in [7, 11) is 0. The third kappa shape index (κ3) is 4.91. The average Bonchev–Trinajstić information content (AvgIpc) is 2.74. The fourth-order valence-electron chi connectivity index (χ4n) is 3.50. The summed E-state index contributed by atoms with van der Waals surface area (Å²) in [5, 5.41) is 12.5. The summed E-state index contributed by atoms with van der Waals surface area (Å²) in [5.74, 6) is 1.44. The van der Waals surface area contributed by atoms with Crippen LogP contribution in [0.5, 0.6) is 0 Å². The number of anilines is 2. The molecule has 0 aliphatic carbocycles. The number of piperidine rings is 1. The Bertz CT molecular complexity index is 1010. The van der Waals surface area contributed by atoms with Gasteiger partial charge in [0.25, 0.3) is 5.91 Å². The molecule has 1 aliphatic rings. The summed E-state index contributed by atoms with van der Waals surface area (Å²) in [6.07, 6.45) is 2.38. The van der Waals surface area contributed by atoms with E-state index < -0.39 is 0 Å². The monoisotopic (exact) mass is 440 g/mol. The Morgan fingerprint density at radius 1 is 0.967 bits per heavy atom. The van der Waals surface area contributed by atoms with Crippen molar-refractivity contribution in [2.45, 2.75) is 19.8 Å². The first kappa shape index (κ1) is 20.6. The highest BCUT2D eigenvalue weighted by Gasteiger charge is 2.17. The number of aromatic nitrogens is 2. The van der Waals surface area contributed by atoms with E-state index in [1.807, 2.05) is 36.4 Å². The van der Waals surface area contributed by atoms with E-state index in [1.54, 1.807) is 18.2 Å². The Hall–Kier alpha value is -2.63. The number of nitrogens with one attached hydrogen (secondary N) is 1. The molecule has 0 spiro atoms. The quantitative estimate of drug-likeness (QED) is 0.545. The van der Waals surface area contributed by atoms with Gasteiger partial charge in [-0.3, -0.25) is 4.79 Å². The summed E-state index contributed by atoms with van der Waals surface area (Å²) in [6.45, 7) is 4.35. The number of nitrogens with zero attached hydrogens (tertiary/aromatic N) is 3. The highest BCUT2D eigenvalue weighted by molar-refractivity contribution is 6.35. The van der Waals surface area contributed by atoms with Crippen molar-refractivity contribution in [3.63, 3.8) is 0 Å². The lowest BCUT2D eigenvalue weighted by Gasteiger charge is -2.30. The molecule has 0 saturated carbocycles. The van der Waals surface area contributed by atoms with Crippen LogP contribution in [0.4, 0.5) is 11.5 Å². The fourth-order valence-corrected chi connectivity index (χ4v) is 4.02. The van der Waals surface area contributed by atoms with Crippen LogP contribution < -0.4 is 10.2 Å². The van der Waals surface area contributed by atoms with E-state index in [9.17, 15) is 4.79 Å². The van der Waals surface area contributed by atoms with Gasteiger partial charge in [-0.15, -0.1) is 10.2 Å². The Labute approximate surface area is 186 Å². The van der Waals surface area contributed by atoms with Gasteiger partial charge in [0.05, 0.1) is 5.69 Å².